The quantitative estimate of drug-likeness (QED) is 0.731. The highest BCUT2D eigenvalue weighted by molar-refractivity contribution is 6.42. The van der Waals surface area contributed by atoms with Gasteiger partial charge in [-0.25, -0.2) is 0 Å². The van der Waals surface area contributed by atoms with E-state index in [1.54, 1.807) is 0 Å². The molecular weight excluding hydrogens is 313 g/mol. The fourth-order valence-electron chi connectivity index (χ4n) is 6.58. The molecule has 2 unspecified atom stereocenters. The molecule has 0 radical (unpaired) electrons. The van der Waals surface area contributed by atoms with E-state index < -0.39 is 0 Å². The Kier molecular flexibility index (Phi) is 3.39. The van der Waals surface area contributed by atoms with E-state index in [4.69, 9.17) is 23.2 Å². The summed E-state index contributed by atoms with van der Waals surface area (Å²) in [7, 11) is 0. The minimum absolute atomic E-state index is 0.342. The topological polar surface area (TPSA) is 12.0 Å². The number of hydrogen-bond donors (Lipinski definition) is 1. The summed E-state index contributed by atoms with van der Waals surface area (Å²) in [5.74, 6) is 0.924. The van der Waals surface area contributed by atoms with Crippen LogP contribution in [0.1, 0.15) is 57.9 Å². The second kappa shape index (κ2) is 4.88. The molecule has 0 amide bonds. The molecule has 3 heteroatoms. The average Bonchev–Trinajstić information content (AvgIpc) is 2.36. The average molecular weight is 338 g/mol. The van der Waals surface area contributed by atoms with Gasteiger partial charge in [0.15, 0.2) is 0 Å². The van der Waals surface area contributed by atoms with Crippen LogP contribution in [-0.4, -0.2) is 5.54 Å². The number of halogens is 2. The zero-order valence-corrected chi connectivity index (χ0v) is 15.0. The van der Waals surface area contributed by atoms with Gasteiger partial charge in [-0.05, 0) is 73.0 Å². The fourth-order valence-corrected chi connectivity index (χ4v) is 6.90. The van der Waals surface area contributed by atoms with Crippen molar-refractivity contribution >= 4 is 23.2 Å². The van der Waals surface area contributed by atoms with Gasteiger partial charge in [-0.3, -0.25) is 0 Å². The minimum Gasteiger partial charge on any atom is -0.307 e. The molecule has 0 aromatic heterocycles. The van der Waals surface area contributed by atoms with Crippen LogP contribution >= 0.6 is 23.2 Å². The van der Waals surface area contributed by atoms with E-state index >= 15 is 0 Å². The van der Waals surface area contributed by atoms with Gasteiger partial charge in [0.2, 0.25) is 0 Å². The predicted octanol–water partition coefficient (Wildman–Crippen LogP) is 5.83. The first-order valence-electron chi connectivity index (χ1n) is 8.48. The first kappa shape index (κ1) is 15.3. The van der Waals surface area contributed by atoms with Gasteiger partial charge in [0, 0.05) is 12.1 Å². The molecule has 0 heterocycles. The van der Waals surface area contributed by atoms with Crippen LogP contribution in [0, 0.1) is 16.7 Å². The zero-order valence-electron chi connectivity index (χ0n) is 13.5. The molecule has 0 spiro atoms. The number of nitrogens with one attached hydrogen (secondary N) is 1. The Bertz CT molecular complexity index is 593. The van der Waals surface area contributed by atoms with Gasteiger partial charge in [0.25, 0.3) is 0 Å². The normalized spacial score (nSPS) is 42.8. The van der Waals surface area contributed by atoms with Crippen molar-refractivity contribution in [3.05, 3.63) is 33.8 Å². The molecule has 1 N–H and O–H groups in total. The van der Waals surface area contributed by atoms with Crippen molar-refractivity contribution < 1.29 is 0 Å². The molecule has 22 heavy (non-hydrogen) atoms. The Labute approximate surface area is 143 Å². The maximum Gasteiger partial charge on any atom is 0.0595 e. The van der Waals surface area contributed by atoms with E-state index in [9.17, 15) is 0 Å². The van der Waals surface area contributed by atoms with E-state index in [2.05, 4.69) is 25.2 Å². The first-order valence-corrected chi connectivity index (χ1v) is 9.24. The van der Waals surface area contributed by atoms with Gasteiger partial charge in [0.1, 0.15) is 0 Å². The van der Waals surface area contributed by atoms with E-state index in [1.165, 1.54) is 44.1 Å². The van der Waals surface area contributed by atoms with Gasteiger partial charge in [0.05, 0.1) is 10.0 Å². The van der Waals surface area contributed by atoms with Crippen molar-refractivity contribution in [1.82, 2.24) is 5.32 Å². The van der Waals surface area contributed by atoms with Crippen LogP contribution in [0.4, 0.5) is 0 Å². The lowest BCUT2D eigenvalue weighted by Crippen LogP contribution is -2.63. The molecule has 5 rings (SSSR count). The van der Waals surface area contributed by atoms with Crippen molar-refractivity contribution in [2.75, 3.05) is 0 Å². The van der Waals surface area contributed by atoms with Crippen LogP contribution in [-0.2, 0) is 6.54 Å². The third-order valence-corrected chi connectivity index (χ3v) is 7.02. The molecule has 4 aliphatic carbocycles. The summed E-state index contributed by atoms with van der Waals surface area (Å²) in [4.78, 5) is 0. The third kappa shape index (κ3) is 2.60. The largest absolute Gasteiger partial charge is 0.307 e. The Balaban J connectivity index is 1.54. The summed E-state index contributed by atoms with van der Waals surface area (Å²) in [6.07, 6.45) is 8.35. The Morgan fingerprint density at radius 1 is 1.00 bits per heavy atom. The van der Waals surface area contributed by atoms with Crippen LogP contribution in [0.15, 0.2) is 18.2 Å². The molecule has 4 saturated carbocycles. The summed E-state index contributed by atoms with van der Waals surface area (Å²) in [5, 5.41) is 5.24. The molecule has 4 atom stereocenters. The van der Waals surface area contributed by atoms with Crippen molar-refractivity contribution in [2.45, 2.75) is 64.5 Å². The summed E-state index contributed by atoms with van der Waals surface area (Å²) in [5.41, 5.74) is 2.69. The predicted molar refractivity (Wildman–Crippen MR) is 93.4 cm³/mol. The maximum absolute atomic E-state index is 6.15. The van der Waals surface area contributed by atoms with Crippen molar-refractivity contribution in [3.8, 4) is 0 Å². The first-order chi connectivity index (χ1) is 10.3. The minimum atomic E-state index is 0.342. The number of benzene rings is 1. The molecule has 0 aliphatic heterocycles. The van der Waals surface area contributed by atoms with Gasteiger partial charge in [-0.1, -0.05) is 43.1 Å². The van der Waals surface area contributed by atoms with Gasteiger partial charge in [-0.15, -0.1) is 0 Å². The second-order valence-electron chi connectivity index (χ2n) is 9.01. The van der Waals surface area contributed by atoms with Crippen LogP contribution in [0.25, 0.3) is 0 Å². The van der Waals surface area contributed by atoms with Crippen LogP contribution < -0.4 is 5.32 Å². The summed E-state index contributed by atoms with van der Waals surface area (Å²) >= 11 is 12.2. The smallest absolute Gasteiger partial charge is 0.0595 e. The maximum atomic E-state index is 6.15. The summed E-state index contributed by atoms with van der Waals surface area (Å²) in [6, 6.07) is 6.00. The lowest BCUT2D eigenvalue weighted by molar-refractivity contribution is -0.118. The highest BCUT2D eigenvalue weighted by Crippen LogP contribution is 2.66. The highest BCUT2D eigenvalue weighted by Gasteiger charge is 2.59. The molecule has 120 valence electrons. The third-order valence-electron chi connectivity index (χ3n) is 6.28. The SMILES string of the molecule is C[C@]12CC3CC(NCc4ccc(Cl)c(Cl)c4)(C1)C[C@@](C)(C3)C2. The lowest BCUT2D eigenvalue weighted by Gasteiger charge is -2.65. The monoisotopic (exact) mass is 337 g/mol. The summed E-state index contributed by atoms with van der Waals surface area (Å²) in [6.45, 7) is 5.94. The molecule has 1 aromatic carbocycles. The van der Waals surface area contributed by atoms with Crippen LogP contribution in [0.3, 0.4) is 0 Å². The van der Waals surface area contributed by atoms with E-state index in [1.807, 2.05) is 12.1 Å². The van der Waals surface area contributed by atoms with Gasteiger partial charge >= 0.3 is 0 Å². The fraction of sp³-hybridized carbons (Fsp3) is 0.684. The van der Waals surface area contributed by atoms with Crippen LogP contribution in [0.5, 0.6) is 0 Å². The van der Waals surface area contributed by atoms with Crippen LogP contribution in [0.2, 0.25) is 10.0 Å². The molecule has 4 aliphatic rings. The second-order valence-corrected chi connectivity index (χ2v) is 9.83. The van der Waals surface area contributed by atoms with E-state index in [-0.39, 0.29) is 0 Å². The molecule has 1 aromatic rings. The van der Waals surface area contributed by atoms with Crippen molar-refractivity contribution in [2.24, 2.45) is 16.7 Å². The van der Waals surface area contributed by atoms with Crippen molar-refractivity contribution in [3.63, 3.8) is 0 Å². The number of rotatable bonds is 3. The van der Waals surface area contributed by atoms with E-state index in [0.29, 0.717) is 26.4 Å². The molecule has 4 fully saturated rings. The highest BCUT2D eigenvalue weighted by atomic mass is 35.5. The number of hydrogen-bond acceptors (Lipinski definition) is 1. The standard InChI is InChI=1S/C19H25Cl2N/c1-17-6-14-7-18(2,10-17)12-19(8-14,11-17)22-9-13-3-4-15(20)16(21)5-13/h3-5,14,22H,6-12H2,1-2H3/t14?,17-,18+,19?. The molecule has 0 saturated heterocycles. The van der Waals surface area contributed by atoms with Crippen molar-refractivity contribution in [1.29, 1.82) is 0 Å². The Morgan fingerprint density at radius 2 is 1.68 bits per heavy atom. The lowest BCUT2D eigenvalue weighted by atomic mass is 9.43. The molecular formula is C19H25Cl2N. The zero-order chi connectivity index (χ0) is 15.6. The molecule has 4 bridgehead atoms. The Morgan fingerprint density at radius 3 is 2.27 bits per heavy atom. The van der Waals surface area contributed by atoms with E-state index in [0.717, 1.165) is 12.5 Å². The molecule has 1 nitrogen and oxygen atoms in total. The van der Waals surface area contributed by atoms with Gasteiger partial charge in [-0.2, -0.15) is 0 Å². The summed E-state index contributed by atoms with van der Waals surface area (Å²) < 4.78 is 0. The Hall–Kier alpha value is -0.240. The van der Waals surface area contributed by atoms with Gasteiger partial charge < -0.3 is 5.32 Å².